The van der Waals surface area contributed by atoms with Gasteiger partial charge >= 0.3 is 0 Å². The van der Waals surface area contributed by atoms with Crippen LogP contribution in [0.5, 0.6) is 0 Å². The molecule has 2 N–H and O–H groups in total. The van der Waals surface area contributed by atoms with Gasteiger partial charge in [0.15, 0.2) is 0 Å². The van der Waals surface area contributed by atoms with Gasteiger partial charge in [0.2, 0.25) is 0 Å². The van der Waals surface area contributed by atoms with E-state index in [0.717, 1.165) is 33.9 Å². The molecule has 0 saturated heterocycles. The summed E-state index contributed by atoms with van der Waals surface area (Å²) < 4.78 is 2.08. The summed E-state index contributed by atoms with van der Waals surface area (Å²) in [5, 5.41) is 0.753. The predicted molar refractivity (Wildman–Crippen MR) is 77.3 cm³/mol. The smallest absolute Gasteiger partial charge is 0.117 e. The Kier molecular flexibility index (Phi) is 3.23. The summed E-state index contributed by atoms with van der Waals surface area (Å²) >= 11 is 6.00. The number of pyridine rings is 1. The lowest BCUT2D eigenvalue weighted by Gasteiger charge is -2.04. The van der Waals surface area contributed by atoms with Crippen LogP contribution in [0.1, 0.15) is 17.0 Å². The molecule has 3 nitrogen and oxygen atoms in total. The van der Waals surface area contributed by atoms with Gasteiger partial charge in [0, 0.05) is 24.2 Å². The van der Waals surface area contributed by atoms with Crippen molar-refractivity contribution in [3.05, 3.63) is 70.8 Å². The van der Waals surface area contributed by atoms with Gasteiger partial charge in [-0.25, -0.2) is 4.98 Å². The second kappa shape index (κ2) is 5.03. The predicted octanol–water partition coefficient (Wildman–Crippen LogP) is 3.04. The van der Waals surface area contributed by atoms with Gasteiger partial charge in [-0.1, -0.05) is 23.7 Å². The first-order chi connectivity index (χ1) is 9.26. The number of hydrogen-bond acceptors (Lipinski definition) is 2. The zero-order chi connectivity index (χ0) is 13.2. The van der Waals surface area contributed by atoms with Crippen molar-refractivity contribution in [2.45, 2.75) is 13.0 Å². The molecule has 2 aromatic heterocycles. The molecular weight excluding hydrogens is 258 g/mol. The molecule has 0 saturated carbocycles. The maximum Gasteiger partial charge on any atom is 0.117 e. The molecule has 0 spiro atoms. The van der Waals surface area contributed by atoms with Crippen LogP contribution in [-0.2, 0) is 13.0 Å². The summed E-state index contributed by atoms with van der Waals surface area (Å²) in [6.45, 7) is 0.547. The molecule has 3 rings (SSSR count). The van der Waals surface area contributed by atoms with Gasteiger partial charge in [0.25, 0.3) is 0 Å². The summed E-state index contributed by atoms with van der Waals surface area (Å²) in [7, 11) is 0. The summed E-state index contributed by atoms with van der Waals surface area (Å²) in [4.78, 5) is 4.47. The van der Waals surface area contributed by atoms with E-state index < -0.39 is 0 Å². The lowest BCUT2D eigenvalue weighted by molar-refractivity contribution is 0.954. The van der Waals surface area contributed by atoms with E-state index in [2.05, 4.69) is 21.5 Å². The number of nitrogens with zero attached hydrogens (tertiary/aromatic N) is 2. The Morgan fingerprint density at radius 3 is 2.84 bits per heavy atom. The van der Waals surface area contributed by atoms with Gasteiger partial charge < -0.3 is 10.1 Å². The fourth-order valence-corrected chi connectivity index (χ4v) is 2.40. The molecular formula is C15H14ClN3. The number of halogens is 1. The van der Waals surface area contributed by atoms with Crippen molar-refractivity contribution < 1.29 is 0 Å². The van der Waals surface area contributed by atoms with E-state index in [4.69, 9.17) is 17.3 Å². The standard InChI is InChI=1S/C15H14ClN3/c16-13-3-1-2-11(6-13)8-15-18-10-14-7-12(9-17)4-5-19(14)15/h1-7,10H,8-9,17H2. The fourth-order valence-electron chi connectivity index (χ4n) is 2.19. The highest BCUT2D eigenvalue weighted by Crippen LogP contribution is 2.16. The largest absolute Gasteiger partial charge is 0.326 e. The highest BCUT2D eigenvalue weighted by molar-refractivity contribution is 6.30. The third kappa shape index (κ3) is 2.48. The van der Waals surface area contributed by atoms with Crippen LogP contribution in [0.15, 0.2) is 48.8 Å². The van der Waals surface area contributed by atoms with Crippen molar-refractivity contribution in [2.24, 2.45) is 5.73 Å². The summed E-state index contributed by atoms with van der Waals surface area (Å²) in [5.74, 6) is 1.00. The molecule has 0 atom stereocenters. The van der Waals surface area contributed by atoms with E-state index in [1.54, 1.807) is 0 Å². The van der Waals surface area contributed by atoms with Crippen molar-refractivity contribution in [3.8, 4) is 0 Å². The lowest BCUT2D eigenvalue weighted by atomic mass is 10.1. The highest BCUT2D eigenvalue weighted by atomic mass is 35.5. The first-order valence-corrected chi connectivity index (χ1v) is 6.53. The molecule has 19 heavy (non-hydrogen) atoms. The van der Waals surface area contributed by atoms with Crippen LogP contribution < -0.4 is 5.73 Å². The van der Waals surface area contributed by atoms with Crippen molar-refractivity contribution >= 4 is 17.1 Å². The van der Waals surface area contributed by atoms with Crippen LogP contribution >= 0.6 is 11.6 Å². The fraction of sp³-hybridized carbons (Fsp3) is 0.133. The summed E-state index contributed by atoms with van der Waals surface area (Å²) in [5.41, 5.74) is 8.98. The number of hydrogen-bond donors (Lipinski definition) is 1. The van der Waals surface area contributed by atoms with Gasteiger partial charge in [0.1, 0.15) is 5.82 Å². The van der Waals surface area contributed by atoms with Crippen LogP contribution in [-0.4, -0.2) is 9.38 Å². The molecule has 0 aliphatic carbocycles. The Hall–Kier alpha value is -1.84. The second-order valence-electron chi connectivity index (χ2n) is 4.52. The SMILES string of the molecule is NCc1ccn2c(Cc3cccc(Cl)c3)ncc2c1. The molecule has 0 unspecified atom stereocenters. The van der Waals surface area contributed by atoms with Gasteiger partial charge in [-0.05, 0) is 35.4 Å². The van der Waals surface area contributed by atoms with Crippen molar-refractivity contribution in [1.82, 2.24) is 9.38 Å². The van der Waals surface area contributed by atoms with Gasteiger partial charge in [-0.2, -0.15) is 0 Å². The van der Waals surface area contributed by atoms with E-state index in [-0.39, 0.29) is 0 Å². The molecule has 4 heteroatoms. The molecule has 0 aliphatic heterocycles. The Morgan fingerprint density at radius 1 is 1.16 bits per heavy atom. The van der Waals surface area contributed by atoms with E-state index in [9.17, 15) is 0 Å². The van der Waals surface area contributed by atoms with Crippen LogP contribution in [0.2, 0.25) is 5.02 Å². The maximum absolute atomic E-state index is 6.00. The topological polar surface area (TPSA) is 43.3 Å². The number of fused-ring (bicyclic) bond motifs is 1. The first kappa shape index (κ1) is 12.2. The average Bonchev–Trinajstić information content (AvgIpc) is 2.81. The zero-order valence-corrected chi connectivity index (χ0v) is 11.1. The number of benzene rings is 1. The van der Waals surface area contributed by atoms with Crippen LogP contribution in [0, 0.1) is 0 Å². The van der Waals surface area contributed by atoms with E-state index >= 15 is 0 Å². The van der Waals surface area contributed by atoms with E-state index in [0.29, 0.717) is 6.54 Å². The maximum atomic E-state index is 6.00. The molecule has 0 fully saturated rings. The summed E-state index contributed by atoms with van der Waals surface area (Å²) in [6, 6.07) is 11.9. The van der Waals surface area contributed by atoms with Gasteiger partial charge in [-0.15, -0.1) is 0 Å². The number of nitrogens with two attached hydrogens (primary N) is 1. The second-order valence-corrected chi connectivity index (χ2v) is 4.95. The quantitative estimate of drug-likeness (QED) is 0.796. The minimum absolute atomic E-state index is 0.547. The van der Waals surface area contributed by atoms with Crippen molar-refractivity contribution in [3.63, 3.8) is 0 Å². The van der Waals surface area contributed by atoms with E-state index in [1.807, 2.05) is 36.7 Å². The third-order valence-electron chi connectivity index (χ3n) is 3.16. The zero-order valence-electron chi connectivity index (χ0n) is 10.4. The molecule has 2 heterocycles. The Morgan fingerprint density at radius 2 is 2.05 bits per heavy atom. The highest BCUT2D eigenvalue weighted by Gasteiger charge is 2.05. The van der Waals surface area contributed by atoms with Crippen LogP contribution in [0.3, 0.4) is 0 Å². The van der Waals surface area contributed by atoms with Crippen molar-refractivity contribution in [2.75, 3.05) is 0 Å². The van der Waals surface area contributed by atoms with Crippen molar-refractivity contribution in [1.29, 1.82) is 0 Å². The number of rotatable bonds is 3. The molecule has 96 valence electrons. The Labute approximate surface area is 116 Å². The summed E-state index contributed by atoms with van der Waals surface area (Å²) in [6.07, 6.45) is 4.65. The lowest BCUT2D eigenvalue weighted by Crippen LogP contribution is -1.99. The Bertz CT molecular complexity index is 718. The molecule has 1 aromatic carbocycles. The molecule has 0 amide bonds. The van der Waals surface area contributed by atoms with Crippen LogP contribution in [0.25, 0.3) is 5.52 Å². The molecule has 0 radical (unpaired) electrons. The third-order valence-corrected chi connectivity index (χ3v) is 3.40. The normalized spacial score (nSPS) is 11.1. The monoisotopic (exact) mass is 271 g/mol. The van der Waals surface area contributed by atoms with Gasteiger partial charge in [-0.3, -0.25) is 0 Å². The molecule has 3 aromatic rings. The van der Waals surface area contributed by atoms with E-state index in [1.165, 1.54) is 0 Å². The minimum atomic E-state index is 0.547. The van der Waals surface area contributed by atoms with Crippen LogP contribution in [0.4, 0.5) is 0 Å². The number of imidazole rings is 1. The van der Waals surface area contributed by atoms with Gasteiger partial charge in [0.05, 0.1) is 11.7 Å². The minimum Gasteiger partial charge on any atom is -0.326 e. The average molecular weight is 272 g/mol. The Balaban J connectivity index is 1.97. The first-order valence-electron chi connectivity index (χ1n) is 6.15. The number of aromatic nitrogens is 2. The molecule has 0 aliphatic rings. The molecule has 0 bridgehead atoms.